The molecule has 0 bridgehead atoms. The SMILES string of the molecule is CCCCC(C)CC[C@H](CN)C(=O)O. The Kier molecular flexibility index (Phi) is 7.48. The molecule has 0 aromatic rings. The maximum atomic E-state index is 10.7. The number of aliphatic carboxylic acids is 1. The van der Waals surface area contributed by atoms with Gasteiger partial charge in [0.1, 0.15) is 0 Å². The number of unbranched alkanes of at least 4 members (excludes halogenated alkanes) is 1. The lowest BCUT2D eigenvalue weighted by Gasteiger charge is -2.13. The van der Waals surface area contributed by atoms with Crippen molar-refractivity contribution in [3.05, 3.63) is 0 Å². The van der Waals surface area contributed by atoms with E-state index in [1.54, 1.807) is 0 Å². The van der Waals surface area contributed by atoms with E-state index in [0.717, 1.165) is 12.8 Å². The summed E-state index contributed by atoms with van der Waals surface area (Å²) in [6.45, 7) is 4.62. The summed E-state index contributed by atoms with van der Waals surface area (Å²) in [5.41, 5.74) is 5.38. The molecule has 0 aliphatic carbocycles. The van der Waals surface area contributed by atoms with Gasteiger partial charge < -0.3 is 10.8 Å². The van der Waals surface area contributed by atoms with Crippen LogP contribution in [0, 0.1) is 11.8 Å². The maximum absolute atomic E-state index is 10.7. The van der Waals surface area contributed by atoms with E-state index in [1.807, 2.05) is 0 Å². The van der Waals surface area contributed by atoms with Crippen LogP contribution >= 0.6 is 0 Å². The van der Waals surface area contributed by atoms with Crippen LogP contribution in [0.2, 0.25) is 0 Å². The first-order chi connectivity index (χ1) is 6.61. The number of carboxylic acids is 1. The second-order valence-corrected chi connectivity index (χ2v) is 4.10. The van der Waals surface area contributed by atoms with Crippen LogP contribution in [0.5, 0.6) is 0 Å². The Morgan fingerprint density at radius 1 is 1.36 bits per heavy atom. The van der Waals surface area contributed by atoms with Gasteiger partial charge in [-0.25, -0.2) is 0 Å². The monoisotopic (exact) mass is 201 g/mol. The molecule has 2 atom stereocenters. The molecule has 0 aliphatic rings. The molecule has 0 aliphatic heterocycles. The minimum atomic E-state index is -0.754. The lowest BCUT2D eigenvalue weighted by Crippen LogP contribution is -2.23. The van der Waals surface area contributed by atoms with Crippen LogP contribution in [0.1, 0.15) is 46.0 Å². The molecule has 3 N–H and O–H groups in total. The van der Waals surface area contributed by atoms with Crippen LogP contribution in [0.4, 0.5) is 0 Å². The summed E-state index contributed by atoms with van der Waals surface area (Å²) in [6.07, 6.45) is 5.35. The topological polar surface area (TPSA) is 63.3 Å². The van der Waals surface area contributed by atoms with E-state index in [9.17, 15) is 4.79 Å². The van der Waals surface area contributed by atoms with Crippen molar-refractivity contribution < 1.29 is 9.90 Å². The second kappa shape index (κ2) is 7.80. The highest BCUT2D eigenvalue weighted by molar-refractivity contribution is 5.70. The Balaban J connectivity index is 3.62. The molecule has 0 spiro atoms. The molecule has 0 amide bonds. The zero-order valence-corrected chi connectivity index (χ0v) is 9.33. The Morgan fingerprint density at radius 2 is 2.00 bits per heavy atom. The summed E-state index contributed by atoms with van der Waals surface area (Å²) in [5.74, 6) is -0.474. The van der Waals surface area contributed by atoms with E-state index in [0.29, 0.717) is 5.92 Å². The molecule has 0 radical (unpaired) electrons. The summed E-state index contributed by atoms with van der Waals surface area (Å²) in [5, 5.41) is 8.78. The van der Waals surface area contributed by atoms with E-state index in [1.165, 1.54) is 19.3 Å². The number of hydrogen-bond acceptors (Lipinski definition) is 2. The van der Waals surface area contributed by atoms with Crippen molar-refractivity contribution in [2.45, 2.75) is 46.0 Å². The average Bonchev–Trinajstić information content (AvgIpc) is 2.15. The fourth-order valence-electron chi connectivity index (χ4n) is 1.52. The third-order valence-corrected chi connectivity index (χ3v) is 2.69. The zero-order chi connectivity index (χ0) is 11.0. The molecule has 0 fully saturated rings. The summed E-state index contributed by atoms with van der Waals surface area (Å²) in [6, 6.07) is 0. The fourth-order valence-corrected chi connectivity index (χ4v) is 1.52. The molecule has 3 nitrogen and oxygen atoms in total. The minimum absolute atomic E-state index is 0.260. The van der Waals surface area contributed by atoms with E-state index in [4.69, 9.17) is 10.8 Å². The van der Waals surface area contributed by atoms with Gasteiger partial charge in [0.15, 0.2) is 0 Å². The van der Waals surface area contributed by atoms with Gasteiger partial charge >= 0.3 is 5.97 Å². The van der Waals surface area contributed by atoms with Gasteiger partial charge in [-0.05, 0) is 18.8 Å². The van der Waals surface area contributed by atoms with Crippen LogP contribution in [-0.4, -0.2) is 17.6 Å². The molecule has 0 heterocycles. The van der Waals surface area contributed by atoms with E-state index < -0.39 is 5.97 Å². The van der Waals surface area contributed by atoms with E-state index >= 15 is 0 Å². The molecule has 0 aromatic carbocycles. The highest BCUT2D eigenvalue weighted by Gasteiger charge is 2.16. The van der Waals surface area contributed by atoms with Gasteiger partial charge in [-0.15, -0.1) is 0 Å². The number of rotatable bonds is 8. The molecule has 0 aromatic heterocycles. The molecule has 84 valence electrons. The molecule has 0 saturated heterocycles. The highest BCUT2D eigenvalue weighted by Crippen LogP contribution is 2.17. The predicted molar refractivity (Wildman–Crippen MR) is 58.1 cm³/mol. The maximum Gasteiger partial charge on any atom is 0.307 e. The Hall–Kier alpha value is -0.570. The number of carboxylic acid groups (broad SMARTS) is 1. The van der Waals surface area contributed by atoms with Gasteiger partial charge in [-0.2, -0.15) is 0 Å². The molecule has 0 saturated carbocycles. The molecular weight excluding hydrogens is 178 g/mol. The Bertz CT molecular complexity index is 159. The Morgan fingerprint density at radius 3 is 2.43 bits per heavy atom. The first-order valence-electron chi connectivity index (χ1n) is 5.54. The highest BCUT2D eigenvalue weighted by atomic mass is 16.4. The Labute approximate surface area is 86.7 Å². The van der Waals surface area contributed by atoms with Gasteiger partial charge in [0, 0.05) is 6.54 Å². The van der Waals surface area contributed by atoms with Gasteiger partial charge in [-0.3, -0.25) is 4.79 Å². The molecule has 1 unspecified atom stereocenters. The quantitative estimate of drug-likeness (QED) is 0.633. The number of hydrogen-bond donors (Lipinski definition) is 2. The molecule has 3 heteroatoms. The van der Waals surface area contributed by atoms with E-state index in [2.05, 4.69) is 13.8 Å². The van der Waals surface area contributed by atoms with Crippen molar-refractivity contribution in [2.75, 3.05) is 6.54 Å². The van der Waals surface area contributed by atoms with Crippen LogP contribution < -0.4 is 5.73 Å². The van der Waals surface area contributed by atoms with Crippen molar-refractivity contribution in [1.82, 2.24) is 0 Å². The summed E-state index contributed by atoms with van der Waals surface area (Å²) < 4.78 is 0. The molecule has 0 rings (SSSR count). The zero-order valence-electron chi connectivity index (χ0n) is 9.33. The van der Waals surface area contributed by atoms with Gasteiger partial charge in [-0.1, -0.05) is 33.1 Å². The van der Waals surface area contributed by atoms with Crippen LogP contribution in [0.15, 0.2) is 0 Å². The third kappa shape index (κ3) is 5.97. The van der Waals surface area contributed by atoms with Crippen molar-refractivity contribution in [3.63, 3.8) is 0 Å². The number of carbonyl (C=O) groups is 1. The van der Waals surface area contributed by atoms with E-state index in [-0.39, 0.29) is 12.5 Å². The van der Waals surface area contributed by atoms with Gasteiger partial charge in [0.05, 0.1) is 5.92 Å². The predicted octanol–water partition coefficient (Wildman–Crippen LogP) is 2.25. The van der Waals surface area contributed by atoms with Gasteiger partial charge in [0.2, 0.25) is 0 Å². The normalized spacial score (nSPS) is 15.1. The first kappa shape index (κ1) is 13.4. The van der Waals surface area contributed by atoms with Crippen LogP contribution in [-0.2, 0) is 4.79 Å². The summed E-state index contributed by atoms with van der Waals surface area (Å²) in [4.78, 5) is 10.7. The van der Waals surface area contributed by atoms with Crippen molar-refractivity contribution >= 4 is 5.97 Å². The lowest BCUT2D eigenvalue weighted by molar-refractivity contribution is -0.141. The fraction of sp³-hybridized carbons (Fsp3) is 0.909. The standard InChI is InChI=1S/C11H23NO2/c1-3-4-5-9(2)6-7-10(8-12)11(13)14/h9-10H,3-8,12H2,1-2H3,(H,13,14)/t9?,10-/m1/s1. The smallest absolute Gasteiger partial charge is 0.307 e. The van der Waals surface area contributed by atoms with Crippen molar-refractivity contribution in [2.24, 2.45) is 17.6 Å². The van der Waals surface area contributed by atoms with Crippen LogP contribution in [0.3, 0.4) is 0 Å². The molecule has 14 heavy (non-hydrogen) atoms. The number of nitrogens with two attached hydrogens (primary N) is 1. The molecular formula is C11H23NO2. The largest absolute Gasteiger partial charge is 0.481 e. The average molecular weight is 201 g/mol. The van der Waals surface area contributed by atoms with Crippen molar-refractivity contribution in [3.8, 4) is 0 Å². The van der Waals surface area contributed by atoms with Crippen LogP contribution in [0.25, 0.3) is 0 Å². The van der Waals surface area contributed by atoms with Gasteiger partial charge in [0.25, 0.3) is 0 Å². The third-order valence-electron chi connectivity index (χ3n) is 2.69. The lowest BCUT2D eigenvalue weighted by atomic mass is 9.93. The minimum Gasteiger partial charge on any atom is -0.481 e. The first-order valence-corrected chi connectivity index (χ1v) is 5.54. The van der Waals surface area contributed by atoms with Crippen molar-refractivity contribution in [1.29, 1.82) is 0 Å². The summed E-state index contributed by atoms with van der Waals surface area (Å²) in [7, 11) is 0. The summed E-state index contributed by atoms with van der Waals surface area (Å²) >= 11 is 0. The second-order valence-electron chi connectivity index (χ2n) is 4.10.